The van der Waals surface area contributed by atoms with Gasteiger partial charge in [-0.25, -0.2) is 4.39 Å². The monoisotopic (exact) mass is 290 g/mol. The highest BCUT2D eigenvalue weighted by atomic mass is 127. The molecule has 0 heterocycles. The molecule has 0 fully saturated rings. The first kappa shape index (κ1) is 10.3. The molecule has 0 spiro atoms. The Morgan fingerprint density at radius 2 is 2.31 bits per heavy atom. The molecular formula is C9H8FIN2. The largest absolute Gasteiger partial charge is 0.369 e. The van der Waals surface area contributed by atoms with Crippen LogP contribution in [0.1, 0.15) is 6.92 Å². The average Bonchev–Trinajstić information content (AvgIpc) is 2.09. The number of nitrogens with one attached hydrogen (secondary N) is 1. The second-order valence-corrected chi connectivity index (χ2v) is 3.78. The number of rotatable bonds is 2. The van der Waals surface area contributed by atoms with E-state index in [4.69, 9.17) is 5.26 Å². The van der Waals surface area contributed by atoms with Crippen LogP contribution in [-0.4, -0.2) is 6.04 Å². The van der Waals surface area contributed by atoms with Crippen LogP contribution in [0, 0.1) is 20.7 Å². The van der Waals surface area contributed by atoms with E-state index in [0.29, 0.717) is 0 Å². The Balaban J connectivity index is 2.85. The van der Waals surface area contributed by atoms with E-state index in [1.54, 1.807) is 13.0 Å². The van der Waals surface area contributed by atoms with Gasteiger partial charge in [0.2, 0.25) is 0 Å². The topological polar surface area (TPSA) is 35.8 Å². The molecule has 0 bridgehead atoms. The molecule has 0 amide bonds. The van der Waals surface area contributed by atoms with Gasteiger partial charge in [0.15, 0.2) is 0 Å². The van der Waals surface area contributed by atoms with Crippen molar-refractivity contribution in [2.45, 2.75) is 13.0 Å². The Morgan fingerprint density at radius 3 is 2.85 bits per heavy atom. The smallest absolute Gasteiger partial charge is 0.124 e. The second kappa shape index (κ2) is 4.42. The van der Waals surface area contributed by atoms with Crippen LogP contribution in [-0.2, 0) is 0 Å². The first-order valence-corrected chi connectivity index (χ1v) is 4.82. The fraction of sp³-hybridized carbons (Fsp3) is 0.222. The van der Waals surface area contributed by atoms with E-state index in [2.05, 4.69) is 5.32 Å². The number of nitriles is 1. The van der Waals surface area contributed by atoms with Crippen LogP contribution in [0.2, 0.25) is 0 Å². The van der Waals surface area contributed by atoms with Crippen molar-refractivity contribution in [3.63, 3.8) is 0 Å². The highest BCUT2D eigenvalue weighted by Gasteiger charge is 2.03. The standard InChI is InChI=1S/C9H8FIN2/c1-6(5-12)13-9-3-2-7(10)4-8(9)11/h2-4,6,13H,1H3. The van der Waals surface area contributed by atoms with E-state index in [1.165, 1.54) is 12.1 Å². The van der Waals surface area contributed by atoms with E-state index in [1.807, 2.05) is 28.7 Å². The zero-order valence-corrected chi connectivity index (χ0v) is 9.17. The number of anilines is 1. The molecule has 0 aromatic heterocycles. The first-order chi connectivity index (χ1) is 6.13. The van der Waals surface area contributed by atoms with Gasteiger partial charge in [-0.15, -0.1) is 0 Å². The molecule has 0 radical (unpaired) electrons. The van der Waals surface area contributed by atoms with Crippen LogP contribution >= 0.6 is 22.6 Å². The van der Waals surface area contributed by atoms with Crippen molar-refractivity contribution in [1.82, 2.24) is 0 Å². The van der Waals surface area contributed by atoms with E-state index in [0.717, 1.165) is 9.26 Å². The Hall–Kier alpha value is -0.830. The number of benzene rings is 1. The predicted octanol–water partition coefficient (Wildman–Crippen LogP) is 2.75. The van der Waals surface area contributed by atoms with Crippen LogP contribution in [0.15, 0.2) is 18.2 Å². The number of hydrogen-bond donors (Lipinski definition) is 1. The van der Waals surface area contributed by atoms with Crippen LogP contribution < -0.4 is 5.32 Å². The number of nitrogens with zero attached hydrogens (tertiary/aromatic N) is 1. The number of halogens is 2. The summed E-state index contributed by atoms with van der Waals surface area (Å²) in [4.78, 5) is 0. The Labute approximate surface area is 89.9 Å². The molecule has 2 nitrogen and oxygen atoms in total. The molecule has 0 aliphatic carbocycles. The van der Waals surface area contributed by atoms with Gasteiger partial charge in [-0.05, 0) is 47.7 Å². The number of hydrogen-bond acceptors (Lipinski definition) is 2. The fourth-order valence-corrected chi connectivity index (χ4v) is 1.51. The molecule has 4 heteroatoms. The lowest BCUT2D eigenvalue weighted by atomic mass is 10.3. The maximum Gasteiger partial charge on any atom is 0.124 e. The molecule has 1 atom stereocenters. The molecule has 1 aromatic rings. The molecule has 13 heavy (non-hydrogen) atoms. The van der Waals surface area contributed by atoms with Crippen molar-refractivity contribution in [2.24, 2.45) is 0 Å². The van der Waals surface area contributed by atoms with Gasteiger partial charge in [-0.1, -0.05) is 0 Å². The maximum absolute atomic E-state index is 12.7. The third-order valence-corrected chi connectivity index (χ3v) is 2.39. The molecule has 0 aliphatic heterocycles. The molecule has 68 valence electrons. The summed E-state index contributed by atoms with van der Waals surface area (Å²) in [6.07, 6.45) is 0. The van der Waals surface area contributed by atoms with E-state index >= 15 is 0 Å². The summed E-state index contributed by atoms with van der Waals surface area (Å²) < 4.78 is 13.4. The minimum absolute atomic E-state index is 0.264. The van der Waals surface area contributed by atoms with E-state index in [-0.39, 0.29) is 11.9 Å². The molecule has 1 aromatic carbocycles. The summed E-state index contributed by atoms with van der Waals surface area (Å²) in [6.45, 7) is 1.75. The van der Waals surface area contributed by atoms with Gasteiger partial charge in [0.25, 0.3) is 0 Å². The van der Waals surface area contributed by atoms with Crippen LogP contribution in [0.5, 0.6) is 0 Å². The maximum atomic E-state index is 12.7. The summed E-state index contributed by atoms with van der Waals surface area (Å²) in [5.74, 6) is -0.264. The lowest BCUT2D eigenvalue weighted by molar-refractivity contribution is 0.627. The Bertz CT molecular complexity index is 346. The average molecular weight is 290 g/mol. The lowest BCUT2D eigenvalue weighted by Crippen LogP contribution is -2.12. The molecule has 0 aliphatic rings. The van der Waals surface area contributed by atoms with Crippen molar-refractivity contribution in [3.05, 3.63) is 27.6 Å². The van der Waals surface area contributed by atoms with Crippen molar-refractivity contribution in [3.8, 4) is 6.07 Å². The van der Waals surface area contributed by atoms with Crippen LogP contribution in [0.4, 0.5) is 10.1 Å². The molecule has 1 N–H and O–H groups in total. The van der Waals surface area contributed by atoms with Gasteiger partial charge >= 0.3 is 0 Å². The van der Waals surface area contributed by atoms with Gasteiger partial charge in [0.05, 0.1) is 6.07 Å². The summed E-state index contributed by atoms with van der Waals surface area (Å²) >= 11 is 2.02. The normalized spacial score (nSPS) is 11.8. The highest BCUT2D eigenvalue weighted by Crippen LogP contribution is 2.19. The van der Waals surface area contributed by atoms with Crippen LogP contribution in [0.3, 0.4) is 0 Å². The van der Waals surface area contributed by atoms with Crippen molar-refractivity contribution in [2.75, 3.05) is 5.32 Å². The first-order valence-electron chi connectivity index (χ1n) is 3.74. The van der Waals surface area contributed by atoms with E-state index in [9.17, 15) is 4.39 Å². The van der Waals surface area contributed by atoms with Crippen molar-refractivity contribution >= 4 is 28.3 Å². The lowest BCUT2D eigenvalue weighted by Gasteiger charge is -2.09. The molecular weight excluding hydrogens is 282 g/mol. The van der Waals surface area contributed by atoms with Crippen molar-refractivity contribution in [1.29, 1.82) is 5.26 Å². The summed E-state index contributed by atoms with van der Waals surface area (Å²) in [5.41, 5.74) is 0.788. The highest BCUT2D eigenvalue weighted by molar-refractivity contribution is 14.1. The van der Waals surface area contributed by atoms with Gasteiger partial charge in [0.1, 0.15) is 11.9 Å². The third kappa shape index (κ3) is 2.84. The van der Waals surface area contributed by atoms with Gasteiger partial charge in [-0.2, -0.15) is 5.26 Å². The predicted molar refractivity (Wildman–Crippen MR) is 57.8 cm³/mol. The molecule has 0 saturated carbocycles. The molecule has 1 rings (SSSR count). The second-order valence-electron chi connectivity index (χ2n) is 2.62. The Morgan fingerprint density at radius 1 is 1.62 bits per heavy atom. The summed E-state index contributed by atoms with van der Waals surface area (Å²) in [5, 5.41) is 11.5. The summed E-state index contributed by atoms with van der Waals surface area (Å²) in [7, 11) is 0. The van der Waals surface area contributed by atoms with Gasteiger partial charge < -0.3 is 5.32 Å². The zero-order valence-electron chi connectivity index (χ0n) is 7.01. The molecule has 1 unspecified atom stereocenters. The van der Waals surface area contributed by atoms with Crippen LogP contribution in [0.25, 0.3) is 0 Å². The van der Waals surface area contributed by atoms with Gasteiger partial charge in [0, 0.05) is 9.26 Å². The minimum Gasteiger partial charge on any atom is -0.369 e. The van der Waals surface area contributed by atoms with Gasteiger partial charge in [-0.3, -0.25) is 0 Å². The van der Waals surface area contributed by atoms with E-state index < -0.39 is 0 Å². The SMILES string of the molecule is CC(C#N)Nc1ccc(F)cc1I. The summed E-state index contributed by atoms with van der Waals surface area (Å²) in [6, 6.07) is 6.21. The quantitative estimate of drug-likeness (QED) is 0.850. The third-order valence-electron chi connectivity index (χ3n) is 1.50. The molecule has 0 saturated heterocycles. The Kier molecular flexibility index (Phi) is 3.48. The fourth-order valence-electron chi connectivity index (χ4n) is 0.872. The minimum atomic E-state index is -0.265. The zero-order chi connectivity index (χ0) is 9.84. The van der Waals surface area contributed by atoms with Crippen molar-refractivity contribution < 1.29 is 4.39 Å².